The lowest BCUT2D eigenvalue weighted by Crippen LogP contribution is -2.24. The Labute approximate surface area is 161 Å². The normalized spacial score (nSPS) is 22.4. The van der Waals surface area contributed by atoms with Crippen LogP contribution in [-0.4, -0.2) is 39.6 Å². The molecule has 1 aliphatic carbocycles. The first-order chi connectivity index (χ1) is 12.7. The molecule has 1 fully saturated rings. The number of unbranched alkanes of at least 4 members (excludes halogenated alkanes) is 1. The summed E-state index contributed by atoms with van der Waals surface area (Å²) in [6, 6.07) is 0. The van der Waals surface area contributed by atoms with Crippen LogP contribution in [0.5, 0.6) is 0 Å². The minimum Gasteiger partial charge on any atom is -0.481 e. The van der Waals surface area contributed by atoms with Crippen molar-refractivity contribution < 1.29 is 29.4 Å². The minimum atomic E-state index is -0.880. The minimum absolute atomic E-state index is 0.0376. The van der Waals surface area contributed by atoms with E-state index < -0.39 is 18.0 Å². The smallest absolute Gasteiger partial charge is 0.303 e. The Bertz CT molecular complexity index is 525. The second-order valence-corrected chi connectivity index (χ2v) is 8.22. The summed E-state index contributed by atoms with van der Waals surface area (Å²) in [6.07, 6.45) is 3.80. The molecule has 0 amide bonds. The molecule has 0 radical (unpaired) electrons. The van der Waals surface area contributed by atoms with Gasteiger partial charge in [-0.05, 0) is 37.5 Å². The van der Waals surface area contributed by atoms with Gasteiger partial charge >= 0.3 is 5.97 Å². The molecule has 27 heavy (non-hydrogen) atoms. The molecule has 0 aromatic rings. The van der Waals surface area contributed by atoms with Gasteiger partial charge in [0.25, 0.3) is 0 Å². The number of carbonyl (C=O) groups excluding carboxylic acids is 3. The van der Waals surface area contributed by atoms with E-state index in [9.17, 15) is 24.3 Å². The Balaban J connectivity index is 2.42. The summed E-state index contributed by atoms with van der Waals surface area (Å²) in [6.45, 7) is 4.24. The van der Waals surface area contributed by atoms with Crippen LogP contribution in [-0.2, 0) is 19.2 Å². The monoisotopic (exact) mass is 382 g/mol. The molecule has 0 aliphatic heterocycles. The third-order valence-corrected chi connectivity index (χ3v) is 5.37. The maximum absolute atomic E-state index is 12.2. The summed E-state index contributed by atoms with van der Waals surface area (Å²) < 4.78 is 0. The number of hydrogen-bond donors (Lipinski definition) is 2. The van der Waals surface area contributed by atoms with Crippen LogP contribution < -0.4 is 0 Å². The molecule has 0 saturated heterocycles. The highest BCUT2D eigenvalue weighted by Gasteiger charge is 2.41. The first kappa shape index (κ1) is 23.5. The first-order valence-corrected chi connectivity index (χ1v) is 10.2. The fourth-order valence-electron chi connectivity index (χ4n) is 3.78. The summed E-state index contributed by atoms with van der Waals surface area (Å²) in [5.74, 6) is -1.15. The second-order valence-electron chi connectivity index (χ2n) is 8.22. The third-order valence-electron chi connectivity index (χ3n) is 5.37. The molecule has 6 nitrogen and oxygen atoms in total. The van der Waals surface area contributed by atoms with Crippen molar-refractivity contribution in [2.45, 2.75) is 90.6 Å². The number of carboxylic acids is 1. The highest BCUT2D eigenvalue weighted by molar-refractivity contribution is 5.90. The van der Waals surface area contributed by atoms with E-state index in [-0.39, 0.29) is 49.0 Å². The second kappa shape index (κ2) is 12.0. The lowest BCUT2D eigenvalue weighted by molar-refractivity contribution is -0.137. The molecule has 0 bridgehead atoms. The molecule has 1 saturated carbocycles. The molecule has 2 N–H and O–H groups in total. The molecule has 3 atom stereocenters. The van der Waals surface area contributed by atoms with Crippen LogP contribution in [0.2, 0.25) is 0 Å². The zero-order valence-corrected chi connectivity index (χ0v) is 16.6. The van der Waals surface area contributed by atoms with Gasteiger partial charge in [0.15, 0.2) is 0 Å². The van der Waals surface area contributed by atoms with Crippen LogP contribution in [0.3, 0.4) is 0 Å². The summed E-state index contributed by atoms with van der Waals surface area (Å²) in [4.78, 5) is 46.8. The lowest BCUT2D eigenvalue weighted by Gasteiger charge is -2.20. The van der Waals surface area contributed by atoms with Crippen LogP contribution in [0.1, 0.15) is 84.5 Å². The molecule has 0 heterocycles. The highest BCUT2D eigenvalue weighted by atomic mass is 16.4. The maximum Gasteiger partial charge on any atom is 0.303 e. The van der Waals surface area contributed by atoms with Crippen molar-refractivity contribution in [1.82, 2.24) is 0 Å². The zero-order valence-electron chi connectivity index (χ0n) is 16.6. The van der Waals surface area contributed by atoms with Crippen LogP contribution in [0.4, 0.5) is 0 Å². The van der Waals surface area contributed by atoms with Crippen molar-refractivity contribution in [2.75, 3.05) is 0 Å². The fraction of sp³-hybridized carbons (Fsp3) is 0.810. The SMILES string of the molecule is CC(C)CCCC(=O)CC[C@@H]1[C@@H](O)CC(=O)[C@@H]1CC(=O)CCCCC(=O)O. The molecule has 6 heteroatoms. The summed E-state index contributed by atoms with van der Waals surface area (Å²) >= 11 is 0. The van der Waals surface area contributed by atoms with Crippen molar-refractivity contribution in [3.8, 4) is 0 Å². The van der Waals surface area contributed by atoms with E-state index in [1.165, 1.54) is 0 Å². The third kappa shape index (κ3) is 9.27. The van der Waals surface area contributed by atoms with Crippen LogP contribution in [0, 0.1) is 17.8 Å². The van der Waals surface area contributed by atoms with Crippen molar-refractivity contribution in [3.05, 3.63) is 0 Å². The summed E-state index contributed by atoms with van der Waals surface area (Å²) in [5, 5.41) is 18.8. The van der Waals surface area contributed by atoms with Gasteiger partial charge in [-0.25, -0.2) is 0 Å². The van der Waals surface area contributed by atoms with Crippen molar-refractivity contribution in [3.63, 3.8) is 0 Å². The molecule has 0 aromatic heterocycles. The largest absolute Gasteiger partial charge is 0.481 e. The highest BCUT2D eigenvalue weighted by Crippen LogP contribution is 2.35. The Kier molecular flexibility index (Phi) is 10.4. The van der Waals surface area contributed by atoms with Gasteiger partial charge in [0, 0.05) is 44.4 Å². The van der Waals surface area contributed by atoms with Gasteiger partial charge in [0.1, 0.15) is 17.3 Å². The Morgan fingerprint density at radius 1 is 1.00 bits per heavy atom. The number of carboxylic acid groups (broad SMARTS) is 1. The van der Waals surface area contributed by atoms with Crippen LogP contribution >= 0.6 is 0 Å². The number of rotatable bonds is 14. The van der Waals surface area contributed by atoms with Gasteiger partial charge in [-0.15, -0.1) is 0 Å². The Morgan fingerprint density at radius 2 is 1.63 bits per heavy atom. The maximum atomic E-state index is 12.2. The van der Waals surface area contributed by atoms with E-state index in [4.69, 9.17) is 5.11 Å². The van der Waals surface area contributed by atoms with E-state index >= 15 is 0 Å². The van der Waals surface area contributed by atoms with Crippen molar-refractivity contribution in [2.24, 2.45) is 17.8 Å². The van der Waals surface area contributed by atoms with Crippen molar-refractivity contribution >= 4 is 23.3 Å². The number of aliphatic carboxylic acids is 1. The van der Waals surface area contributed by atoms with Gasteiger partial charge in [-0.2, -0.15) is 0 Å². The van der Waals surface area contributed by atoms with E-state index in [2.05, 4.69) is 13.8 Å². The number of Topliss-reactive ketones (excluding diaryl/α,β-unsaturated/α-hetero) is 3. The molecule has 154 valence electrons. The van der Waals surface area contributed by atoms with Gasteiger partial charge in [-0.1, -0.05) is 20.3 Å². The zero-order chi connectivity index (χ0) is 20.4. The van der Waals surface area contributed by atoms with Gasteiger partial charge in [-0.3, -0.25) is 19.2 Å². The fourth-order valence-corrected chi connectivity index (χ4v) is 3.78. The predicted molar refractivity (Wildman–Crippen MR) is 101 cm³/mol. The Morgan fingerprint density at radius 3 is 2.26 bits per heavy atom. The average molecular weight is 382 g/mol. The van der Waals surface area contributed by atoms with Crippen molar-refractivity contribution in [1.29, 1.82) is 0 Å². The standard InChI is InChI=1S/C21H34O6/c1-14(2)6-5-8-15(22)10-11-17-18(20(25)13-19(17)24)12-16(23)7-3-4-9-21(26)27/h14,17-19,24H,3-13H2,1-2H3,(H,26,27)/t17-,18+,19-/m0/s1. The first-order valence-electron chi connectivity index (χ1n) is 10.2. The van der Waals surface area contributed by atoms with Gasteiger partial charge in [0.05, 0.1) is 6.10 Å². The number of hydrogen-bond acceptors (Lipinski definition) is 5. The van der Waals surface area contributed by atoms with Gasteiger partial charge in [0.2, 0.25) is 0 Å². The molecular weight excluding hydrogens is 348 g/mol. The molecular formula is C21H34O6. The van der Waals surface area contributed by atoms with Crippen LogP contribution in [0.15, 0.2) is 0 Å². The average Bonchev–Trinajstić information content (AvgIpc) is 2.82. The van der Waals surface area contributed by atoms with E-state index in [0.717, 1.165) is 12.8 Å². The van der Waals surface area contributed by atoms with E-state index in [1.54, 1.807) is 0 Å². The molecule has 0 aromatic carbocycles. The Hall–Kier alpha value is -1.56. The number of aliphatic hydroxyl groups is 1. The topological polar surface area (TPSA) is 109 Å². The molecule has 1 aliphatic rings. The number of ketones is 3. The number of aliphatic hydroxyl groups excluding tert-OH is 1. The molecule has 0 spiro atoms. The summed E-state index contributed by atoms with van der Waals surface area (Å²) in [5.41, 5.74) is 0. The van der Waals surface area contributed by atoms with Gasteiger partial charge < -0.3 is 10.2 Å². The lowest BCUT2D eigenvalue weighted by atomic mass is 9.84. The molecule has 1 rings (SSSR count). The van der Waals surface area contributed by atoms with Crippen LogP contribution in [0.25, 0.3) is 0 Å². The van der Waals surface area contributed by atoms with E-state index in [1.807, 2.05) is 0 Å². The van der Waals surface area contributed by atoms with E-state index in [0.29, 0.717) is 38.0 Å². The molecule has 0 unspecified atom stereocenters. The predicted octanol–water partition coefficient (Wildman–Crippen LogP) is 3.33. The quantitative estimate of drug-likeness (QED) is 0.446. The summed E-state index contributed by atoms with van der Waals surface area (Å²) in [7, 11) is 0. The number of carbonyl (C=O) groups is 4.